The Morgan fingerprint density at radius 1 is 1.12 bits per heavy atom. The number of fused-ring (bicyclic) bond motifs is 1. The first-order valence-electron chi connectivity index (χ1n) is 9.93. The number of ketones is 1. The zero-order valence-electron chi connectivity index (χ0n) is 17.6. The minimum absolute atomic E-state index is 0.114. The number of hydrogen-bond donors (Lipinski definition) is 4. The highest BCUT2D eigenvalue weighted by Gasteiger charge is 2.38. The molecule has 0 saturated carbocycles. The molecular formula is C21H21F3N4O5S. The summed E-state index contributed by atoms with van der Waals surface area (Å²) < 4.78 is 32.7. The number of thiazole rings is 1. The standard InChI is InChI=1S/C19H20N4O3S.C2HF3O2/c20-11-4-3-7-13(22-18(26)14-8-5-10-16(24)21-14)17(25)19-23-12-6-1-2-9-15(12)27-19;3-2(4,5)1(6)7/h1-2,5-6,8-10,13H,3-4,7,11,20H2,(H,21,24)(H,22,26);(H,6,7)/t13-;/m0./s1. The molecule has 2 aromatic heterocycles. The number of aliphatic carboxylic acids is 1. The van der Waals surface area contributed by atoms with Crippen LogP contribution in [0.25, 0.3) is 10.2 Å². The summed E-state index contributed by atoms with van der Waals surface area (Å²) in [6.45, 7) is 0.516. The Kier molecular flexibility index (Phi) is 9.45. The number of pyridine rings is 1. The van der Waals surface area contributed by atoms with E-state index in [2.05, 4.69) is 15.3 Å². The topological polar surface area (TPSA) is 155 Å². The fourth-order valence-corrected chi connectivity index (χ4v) is 3.66. The van der Waals surface area contributed by atoms with Gasteiger partial charge in [0.05, 0.1) is 16.3 Å². The van der Waals surface area contributed by atoms with E-state index in [0.29, 0.717) is 24.4 Å². The number of carboxylic acids is 1. The number of hydrogen-bond acceptors (Lipinski definition) is 7. The quantitative estimate of drug-likeness (QED) is 0.275. The summed E-state index contributed by atoms with van der Waals surface area (Å²) >= 11 is 1.30. The van der Waals surface area contributed by atoms with E-state index in [-0.39, 0.29) is 17.0 Å². The predicted octanol–water partition coefficient (Wildman–Crippen LogP) is 2.73. The number of carbonyl (C=O) groups is 3. The summed E-state index contributed by atoms with van der Waals surface area (Å²) in [7, 11) is 0. The van der Waals surface area contributed by atoms with E-state index in [1.54, 1.807) is 0 Å². The third-order valence-electron chi connectivity index (χ3n) is 4.33. The van der Waals surface area contributed by atoms with Gasteiger partial charge < -0.3 is 21.1 Å². The van der Waals surface area contributed by atoms with Crippen molar-refractivity contribution in [3.63, 3.8) is 0 Å². The second kappa shape index (κ2) is 12.0. The highest BCUT2D eigenvalue weighted by Crippen LogP contribution is 2.23. The summed E-state index contributed by atoms with van der Waals surface area (Å²) in [6, 6.07) is 11.1. The van der Waals surface area contributed by atoms with E-state index in [9.17, 15) is 27.6 Å². The van der Waals surface area contributed by atoms with Crippen LogP contribution in [0, 0.1) is 0 Å². The van der Waals surface area contributed by atoms with Crippen molar-refractivity contribution >= 4 is 39.2 Å². The number of unbranched alkanes of at least 4 members (excludes halogenated alkanes) is 1. The second-order valence-electron chi connectivity index (χ2n) is 6.89. The Morgan fingerprint density at radius 2 is 1.79 bits per heavy atom. The van der Waals surface area contributed by atoms with Gasteiger partial charge in [0.15, 0.2) is 5.01 Å². The number of carboxylic acid groups (broad SMARTS) is 1. The number of aromatic amines is 1. The number of benzene rings is 1. The number of para-hydroxylation sites is 1. The number of carbonyl (C=O) groups excluding carboxylic acids is 2. The largest absolute Gasteiger partial charge is 0.490 e. The number of nitrogens with zero attached hydrogens (tertiary/aromatic N) is 1. The molecule has 1 atom stereocenters. The fourth-order valence-electron chi connectivity index (χ4n) is 2.70. The van der Waals surface area contributed by atoms with Gasteiger partial charge in [0, 0.05) is 6.07 Å². The van der Waals surface area contributed by atoms with Crippen molar-refractivity contribution in [2.45, 2.75) is 31.5 Å². The summed E-state index contributed by atoms with van der Waals surface area (Å²) in [5.41, 5.74) is 6.03. The van der Waals surface area contributed by atoms with Crippen LogP contribution in [-0.4, -0.2) is 51.5 Å². The van der Waals surface area contributed by atoms with E-state index in [4.69, 9.17) is 15.6 Å². The first-order valence-corrected chi connectivity index (χ1v) is 10.7. The second-order valence-corrected chi connectivity index (χ2v) is 7.92. The third kappa shape index (κ3) is 7.78. The number of alkyl halides is 3. The van der Waals surface area contributed by atoms with Gasteiger partial charge in [0.2, 0.25) is 11.3 Å². The lowest BCUT2D eigenvalue weighted by Gasteiger charge is -2.16. The SMILES string of the molecule is NCCCC[C@H](NC(=O)c1cccc(=O)[nH]1)C(=O)c1nc2ccccc2s1.O=C(O)C(F)(F)F. The van der Waals surface area contributed by atoms with Gasteiger partial charge in [-0.1, -0.05) is 18.2 Å². The van der Waals surface area contributed by atoms with E-state index in [1.807, 2.05) is 24.3 Å². The summed E-state index contributed by atoms with van der Waals surface area (Å²) in [4.78, 5) is 52.6. The number of H-pyrrole nitrogens is 1. The molecule has 1 aromatic carbocycles. The lowest BCUT2D eigenvalue weighted by Crippen LogP contribution is -2.41. The van der Waals surface area contributed by atoms with E-state index >= 15 is 0 Å². The lowest BCUT2D eigenvalue weighted by molar-refractivity contribution is -0.192. The number of Topliss-reactive ketones (excluding diaryl/α,β-unsaturated/α-hetero) is 1. The molecular weight excluding hydrogens is 477 g/mol. The first kappa shape index (κ1) is 26.7. The smallest absolute Gasteiger partial charge is 0.475 e. The van der Waals surface area contributed by atoms with Crippen LogP contribution in [0.2, 0.25) is 0 Å². The molecule has 0 unspecified atom stereocenters. The molecule has 5 N–H and O–H groups in total. The van der Waals surface area contributed by atoms with Crippen molar-refractivity contribution in [2.75, 3.05) is 6.54 Å². The normalized spacial score (nSPS) is 11.9. The van der Waals surface area contributed by atoms with Crippen LogP contribution in [0.5, 0.6) is 0 Å². The van der Waals surface area contributed by atoms with Crippen molar-refractivity contribution in [3.8, 4) is 0 Å². The van der Waals surface area contributed by atoms with Crippen molar-refractivity contribution in [1.29, 1.82) is 0 Å². The minimum Gasteiger partial charge on any atom is -0.475 e. The maximum Gasteiger partial charge on any atom is 0.490 e. The van der Waals surface area contributed by atoms with Crippen molar-refractivity contribution in [1.82, 2.24) is 15.3 Å². The Balaban J connectivity index is 0.000000509. The van der Waals surface area contributed by atoms with Crippen molar-refractivity contribution < 1.29 is 32.7 Å². The average molecular weight is 498 g/mol. The molecule has 0 aliphatic heterocycles. The van der Waals surface area contributed by atoms with Gasteiger partial charge in [-0.15, -0.1) is 11.3 Å². The molecule has 3 aromatic rings. The molecule has 0 fully saturated rings. The van der Waals surface area contributed by atoms with E-state index < -0.39 is 24.1 Å². The Hall–Kier alpha value is -3.58. The number of aromatic nitrogens is 2. The summed E-state index contributed by atoms with van der Waals surface area (Å²) in [5, 5.41) is 10.2. The molecule has 0 saturated heterocycles. The van der Waals surface area contributed by atoms with E-state index in [1.165, 1.54) is 29.5 Å². The van der Waals surface area contributed by atoms with Gasteiger partial charge in [-0.2, -0.15) is 13.2 Å². The Labute approximate surface area is 194 Å². The molecule has 13 heteroatoms. The number of amides is 1. The molecule has 1 amide bonds. The minimum atomic E-state index is -5.08. The molecule has 182 valence electrons. The highest BCUT2D eigenvalue weighted by molar-refractivity contribution is 7.20. The number of nitrogens with one attached hydrogen (secondary N) is 2. The Morgan fingerprint density at radius 3 is 2.38 bits per heavy atom. The predicted molar refractivity (Wildman–Crippen MR) is 119 cm³/mol. The van der Waals surface area contributed by atoms with Crippen LogP contribution < -0.4 is 16.6 Å². The Bertz CT molecular complexity index is 1180. The average Bonchev–Trinajstić information content (AvgIpc) is 3.22. The van der Waals surface area contributed by atoms with Gasteiger partial charge in [-0.25, -0.2) is 9.78 Å². The molecule has 9 nitrogen and oxygen atoms in total. The molecule has 34 heavy (non-hydrogen) atoms. The van der Waals surface area contributed by atoms with Gasteiger partial charge in [-0.05, 0) is 44.0 Å². The zero-order chi connectivity index (χ0) is 25.3. The number of rotatable bonds is 8. The van der Waals surface area contributed by atoms with Crippen molar-refractivity contribution in [2.24, 2.45) is 5.73 Å². The maximum atomic E-state index is 13.0. The van der Waals surface area contributed by atoms with Crippen LogP contribution in [0.15, 0.2) is 47.3 Å². The lowest BCUT2D eigenvalue weighted by atomic mass is 10.1. The fraction of sp³-hybridized carbons (Fsp3) is 0.286. The molecule has 2 heterocycles. The van der Waals surface area contributed by atoms with Crippen LogP contribution in [0.3, 0.4) is 0 Å². The zero-order valence-corrected chi connectivity index (χ0v) is 18.4. The molecule has 0 bridgehead atoms. The van der Waals surface area contributed by atoms with Gasteiger partial charge in [0.25, 0.3) is 5.91 Å². The maximum absolute atomic E-state index is 13.0. The number of halogens is 3. The summed E-state index contributed by atoms with van der Waals surface area (Å²) in [5.74, 6) is -3.49. The molecule has 0 aliphatic rings. The van der Waals surface area contributed by atoms with Crippen LogP contribution in [0.1, 0.15) is 39.6 Å². The molecule has 0 spiro atoms. The first-order chi connectivity index (χ1) is 16.0. The van der Waals surface area contributed by atoms with Crippen LogP contribution in [0.4, 0.5) is 13.2 Å². The van der Waals surface area contributed by atoms with Gasteiger partial charge in [-0.3, -0.25) is 14.4 Å². The van der Waals surface area contributed by atoms with Crippen molar-refractivity contribution in [3.05, 3.63) is 63.5 Å². The molecule has 3 rings (SSSR count). The van der Waals surface area contributed by atoms with E-state index in [0.717, 1.165) is 16.6 Å². The van der Waals surface area contributed by atoms with Crippen LogP contribution >= 0.6 is 11.3 Å². The monoisotopic (exact) mass is 498 g/mol. The van der Waals surface area contributed by atoms with Gasteiger partial charge in [0.1, 0.15) is 5.69 Å². The molecule has 0 aliphatic carbocycles. The van der Waals surface area contributed by atoms with Crippen LogP contribution in [-0.2, 0) is 4.79 Å². The number of nitrogens with two attached hydrogens (primary N) is 1. The third-order valence-corrected chi connectivity index (χ3v) is 5.38. The highest BCUT2D eigenvalue weighted by atomic mass is 32.1. The summed E-state index contributed by atoms with van der Waals surface area (Å²) in [6.07, 6.45) is -3.18. The van der Waals surface area contributed by atoms with Gasteiger partial charge >= 0.3 is 12.1 Å². The molecule has 0 radical (unpaired) electrons.